The van der Waals surface area contributed by atoms with E-state index >= 15 is 0 Å². The summed E-state index contributed by atoms with van der Waals surface area (Å²) in [5.74, 6) is -1.14. The number of furan rings is 1. The molecule has 0 unspecified atom stereocenters. The maximum absolute atomic E-state index is 11.9. The van der Waals surface area contributed by atoms with Gasteiger partial charge in [0.05, 0.1) is 23.8 Å². The topological polar surface area (TPSA) is 79.5 Å². The molecule has 5 nitrogen and oxygen atoms in total. The number of carbonyl (C=O) groups excluding carboxylic acids is 1. The van der Waals surface area contributed by atoms with Crippen LogP contribution in [-0.2, 0) is 4.79 Å². The quantitative estimate of drug-likeness (QED) is 0.836. The third-order valence-corrected chi connectivity index (χ3v) is 3.21. The van der Waals surface area contributed by atoms with Crippen molar-refractivity contribution in [3.05, 3.63) is 24.2 Å². The zero-order valence-corrected chi connectivity index (χ0v) is 9.44. The van der Waals surface area contributed by atoms with Crippen molar-refractivity contribution < 1.29 is 19.1 Å². The van der Waals surface area contributed by atoms with E-state index in [0.717, 1.165) is 25.7 Å². The molecule has 2 N–H and O–H groups in total. The van der Waals surface area contributed by atoms with Crippen molar-refractivity contribution in [2.24, 2.45) is 0 Å². The Kier molecular flexibility index (Phi) is 3.17. The molecule has 0 saturated heterocycles. The molecule has 0 aliphatic heterocycles. The number of hydrogen-bond donors (Lipinski definition) is 2. The normalized spacial score (nSPS) is 17.9. The number of nitrogens with one attached hydrogen (secondary N) is 1. The second-order valence-electron chi connectivity index (χ2n) is 4.52. The lowest BCUT2D eigenvalue weighted by molar-refractivity contribution is -0.138. The number of aliphatic carboxylic acids is 1. The van der Waals surface area contributed by atoms with Gasteiger partial charge in [-0.05, 0) is 18.9 Å². The molecule has 17 heavy (non-hydrogen) atoms. The first-order chi connectivity index (χ1) is 8.11. The van der Waals surface area contributed by atoms with Crippen LogP contribution in [0.15, 0.2) is 23.0 Å². The maximum atomic E-state index is 11.9. The number of rotatable bonds is 4. The van der Waals surface area contributed by atoms with Crippen LogP contribution in [0.25, 0.3) is 0 Å². The molecule has 0 bridgehead atoms. The van der Waals surface area contributed by atoms with Crippen molar-refractivity contribution in [3.8, 4) is 0 Å². The van der Waals surface area contributed by atoms with Gasteiger partial charge in [0.25, 0.3) is 5.91 Å². The highest BCUT2D eigenvalue weighted by atomic mass is 16.4. The van der Waals surface area contributed by atoms with Crippen LogP contribution in [0.2, 0.25) is 0 Å². The van der Waals surface area contributed by atoms with Gasteiger partial charge in [-0.2, -0.15) is 0 Å². The smallest absolute Gasteiger partial charge is 0.305 e. The molecule has 2 rings (SSSR count). The first-order valence-corrected chi connectivity index (χ1v) is 5.68. The molecule has 0 spiro atoms. The Morgan fingerprint density at radius 1 is 1.41 bits per heavy atom. The van der Waals surface area contributed by atoms with Crippen LogP contribution >= 0.6 is 0 Å². The van der Waals surface area contributed by atoms with Crippen LogP contribution in [0, 0.1) is 0 Å². The van der Waals surface area contributed by atoms with E-state index in [4.69, 9.17) is 9.52 Å². The molecule has 1 amide bonds. The largest absolute Gasteiger partial charge is 0.481 e. The summed E-state index contributed by atoms with van der Waals surface area (Å²) in [7, 11) is 0. The number of carbonyl (C=O) groups is 2. The Morgan fingerprint density at radius 3 is 2.65 bits per heavy atom. The highest BCUT2D eigenvalue weighted by Crippen LogP contribution is 2.32. The Morgan fingerprint density at radius 2 is 2.12 bits per heavy atom. The fourth-order valence-corrected chi connectivity index (χ4v) is 2.39. The fourth-order valence-electron chi connectivity index (χ4n) is 2.39. The molecule has 1 fully saturated rings. The van der Waals surface area contributed by atoms with E-state index < -0.39 is 11.5 Å². The molecular formula is C12H15NO4. The van der Waals surface area contributed by atoms with Crippen molar-refractivity contribution >= 4 is 11.9 Å². The summed E-state index contributed by atoms with van der Waals surface area (Å²) in [5.41, 5.74) is -0.151. The summed E-state index contributed by atoms with van der Waals surface area (Å²) in [6, 6.07) is 1.57. The van der Waals surface area contributed by atoms with Gasteiger partial charge in [-0.15, -0.1) is 0 Å². The third-order valence-electron chi connectivity index (χ3n) is 3.21. The Hall–Kier alpha value is -1.78. The average molecular weight is 237 g/mol. The monoisotopic (exact) mass is 237 g/mol. The lowest BCUT2D eigenvalue weighted by Gasteiger charge is -2.28. The third kappa shape index (κ3) is 2.67. The lowest BCUT2D eigenvalue weighted by atomic mass is 9.93. The van der Waals surface area contributed by atoms with Crippen molar-refractivity contribution in [3.63, 3.8) is 0 Å². The minimum Gasteiger partial charge on any atom is -0.481 e. The summed E-state index contributed by atoms with van der Waals surface area (Å²) in [4.78, 5) is 22.7. The zero-order valence-electron chi connectivity index (χ0n) is 9.44. The summed E-state index contributed by atoms with van der Waals surface area (Å²) >= 11 is 0. The fraction of sp³-hybridized carbons (Fsp3) is 0.500. The van der Waals surface area contributed by atoms with Crippen LogP contribution in [-0.4, -0.2) is 22.5 Å². The predicted octanol–water partition coefficient (Wildman–Crippen LogP) is 1.80. The van der Waals surface area contributed by atoms with Crippen molar-refractivity contribution in [2.45, 2.75) is 37.6 Å². The van der Waals surface area contributed by atoms with Crippen LogP contribution in [0.4, 0.5) is 0 Å². The summed E-state index contributed by atoms with van der Waals surface area (Å²) in [5, 5.41) is 11.8. The Labute approximate surface area is 98.8 Å². The van der Waals surface area contributed by atoms with E-state index in [-0.39, 0.29) is 12.3 Å². The van der Waals surface area contributed by atoms with Gasteiger partial charge in [0.1, 0.15) is 6.26 Å². The second-order valence-corrected chi connectivity index (χ2v) is 4.52. The predicted molar refractivity (Wildman–Crippen MR) is 59.6 cm³/mol. The first kappa shape index (κ1) is 11.7. The molecule has 0 aromatic carbocycles. The second kappa shape index (κ2) is 4.61. The first-order valence-electron chi connectivity index (χ1n) is 5.68. The molecule has 92 valence electrons. The molecule has 1 aliphatic carbocycles. The molecule has 0 atom stereocenters. The van der Waals surface area contributed by atoms with E-state index in [1.165, 1.54) is 12.5 Å². The summed E-state index contributed by atoms with van der Waals surface area (Å²) < 4.78 is 4.84. The summed E-state index contributed by atoms with van der Waals surface area (Å²) in [6.07, 6.45) is 6.13. The van der Waals surface area contributed by atoms with Crippen molar-refractivity contribution in [2.75, 3.05) is 0 Å². The highest BCUT2D eigenvalue weighted by Gasteiger charge is 2.37. The van der Waals surface area contributed by atoms with Gasteiger partial charge < -0.3 is 14.8 Å². The van der Waals surface area contributed by atoms with Gasteiger partial charge in [0.15, 0.2) is 0 Å². The molecule has 1 aliphatic rings. The molecule has 1 heterocycles. The van der Waals surface area contributed by atoms with E-state index in [1.54, 1.807) is 6.07 Å². The summed E-state index contributed by atoms with van der Waals surface area (Å²) in [6.45, 7) is 0. The average Bonchev–Trinajstić information content (AvgIpc) is 2.86. The van der Waals surface area contributed by atoms with Crippen LogP contribution in [0.1, 0.15) is 42.5 Å². The van der Waals surface area contributed by atoms with Gasteiger partial charge in [-0.3, -0.25) is 9.59 Å². The van der Waals surface area contributed by atoms with Gasteiger partial charge in [-0.25, -0.2) is 0 Å². The van der Waals surface area contributed by atoms with E-state index in [2.05, 4.69) is 5.32 Å². The SMILES string of the molecule is O=C(O)CC1(NC(=O)c2ccoc2)CCCC1. The van der Waals surface area contributed by atoms with E-state index in [9.17, 15) is 9.59 Å². The number of amides is 1. The van der Waals surface area contributed by atoms with Gasteiger partial charge in [0.2, 0.25) is 0 Å². The van der Waals surface area contributed by atoms with Crippen LogP contribution in [0.5, 0.6) is 0 Å². The minimum atomic E-state index is -0.876. The van der Waals surface area contributed by atoms with Crippen molar-refractivity contribution in [1.82, 2.24) is 5.32 Å². The molecule has 5 heteroatoms. The number of hydrogen-bond acceptors (Lipinski definition) is 3. The van der Waals surface area contributed by atoms with E-state index in [1.807, 2.05) is 0 Å². The van der Waals surface area contributed by atoms with Gasteiger partial charge in [-0.1, -0.05) is 12.8 Å². The molecular weight excluding hydrogens is 222 g/mol. The standard InChI is InChI=1S/C12H15NO4/c14-10(15)7-12(4-1-2-5-12)13-11(16)9-3-6-17-8-9/h3,6,8H,1-2,4-5,7H2,(H,13,16)(H,14,15). The maximum Gasteiger partial charge on any atom is 0.305 e. The highest BCUT2D eigenvalue weighted by molar-refractivity contribution is 5.94. The minimum absolute atomic E-state index is 0.0173. The van der Waals surface area contributed by atoms with Crippen LogP contribution in [0.3, 0.4) is 0 Å². The van der Waals surface area contributed by atoms with Gasteiger partial charge >= 0.3 is 5.97 Å². The Bertz CT molecular complexity index is 404. The molecule has 0 radical (unpaired) electrons. The molecule has 1 saturated carbocycles. The van der Waals surface area contributed by atoms with Gasteiger partial charge in [0, 0.05) is 0 Å². The number of carboxylic acids is 1. The zero-order chi connectivity index (χ0) is 12.3. The van der Waals surface area contributed by atoms with Crippen LogP contribution < -0.4 is 5.32 Å². The Balaban J connectivity index is 2.08. The van der Waals surface area contributed by atoms with E-state index in [0.29, 0.717) is 5.56 Å². The van der Waals surface area contributed by atoms with Crippen molar-refractivity contribution in [1.29, 1.82) is 0 Å². The lowest BCUT2D eigenvalue weighted by Crippen LogP contribution is -2.47. The number of carboxylic acid groups (broad SMARTS) is 1. The molecule has 1 aromatic heterocycles. The molecule has 1 aromatic rings.